The van der Waals surface area contributed by atoms with Gasteiger partial charge >= 0.3 is 0 Å². The van der Waals surface area contributed by atoms with Gasteiger partial charge in [-0.25, -0.2) is 0 Å². The number of carbonyl (C=O) groups excluding carboxylic acids is 1. The molecule has 0 aliphatic heterocycles. The monoisotopic (exact) mass is 252 g/mol. The highest BCUT2D eigenvalue weighted by Gasteiger charge is 2.20. The lowest BCUT2D eigenvalue weighted by molar-refractivity contribution is 0.0687. The topological polar surface area (TPSA) is 66.6 Å². The van der Waals surface area contributed by atoms with Gasteiger partial charge in [-0.2, -0.15) is 0 Å². The molecule has 1 amide bonds. The lowest BCUT2D eigenvalue weighted by atomic mass is 10.2. The maximum atomic E-state index is 12.1. The minimum atomic E-state index is -0.208. The zero-order valence-electron chi connectivity index (χ0n) is 9.93. The Balaban J connectivity index is 2.93. The van der Waals surface area contributed by atoms with Crippen LogP contribution in [0.2, 0.25) is 0 Å². The maximum absolute atomic E-state index is 12.1. The van der Waals surface area contributed by atoms with Gasteiger partial charge < -0.3 is 15.7 Å². The van der Waals surface area contributed by atoms with E-state index < -0.39 is 0 Å². The van der Waals surface area contributed by atoms with Gasteiger partial charge in [-0.1, -0.05) is 11.8 Å². The fourth-order valence-corrected chi connectivity index (χ4v) is 2.03. The van der Waals surface area contributed by atoms with Crippen LogP contribution < -0.4 is 5.73 Å². The smallest absolute Gasteiger partial charge is 0.265 e. The third kappa shape index (κ3) is 3.30. The molecule has 17 heavy (non-hydrogen) atoms. The first-order valence-corrected chi connectivity index (χ1v) is 6.14. The molecule has 1 aromatic heterocycles. The van der Waals surface area contributed by atoms with Gasteiger partial charge in [0.1, 0.15) is 4.88 Å². The summed E-state index contributed by atoms with van der Waals surface area (Å²) in [4.78, 5) is 14.2. The molecular weight excluding hydrogens is 236 g/mol. The molecule has 0 saturated heterocycles. The van der Waals surface area contributed by atoms with Gasteiger partial charge in [-0.15, -0.1) is 11.3 Å². The molecule has 0 aliphatic rings. The van der Waals surface area contributed by atoms with E-state index in [1.165, 1.54) is 16.2 Å². The Morgan fingerprint density at radius 1 is 1.71 bits per heavy atom. The number of hydrogen-bond acceptors (Lipinski definition) is 4. The second-order valence-electron chi connectivity index (χ2n) is 3.62. The number of nitrogens with zero attached hydrogens (tertiary/aromatic N) is 1. The van der Waals surface area contributed by atoms with Crippen molar-refractivity contribution in [3.63, 3.8) is 0 Å². The van der Waals surface area contributed by atoms with E-state index in [1.807, 2.05) is 5.38 Å². The van der Waals surface area contributed by atoms with Gasteiger partial charge in [0.15, 0.2) is 0 Å². The molecule has 1 aromatic rings. The van der Waals surface area contributed by atoms with Crippen LogP contribution in [0.1, 0.15) is 22.2 Å². The lowest BCUT2D eigenvalue weighted by Crippen LogP contribution is -2.37. The number of aliphatic hydroxyl groups is 1. The summed E-state index contributed by atoms with van der Waals surface area (Å²) in [6.07, 6.45) is 0. The van der Waals surface area contributed by atoms with Crippen molar-refractivity contribution in [2.45, 2.75) is 13.0 Å². The molecule has 5 heteroatoms. The Bertz CT molecular complexity index is 445. The lowest BCUT2D eigenvalue weighted by Gasteiger charge is -2.22. The summed E-state index contributed by atoms with van der Waals surface area (Å²) >= 11 is 1.35. The van der Waals surface area contributed by atoms with Crippen molar-refractivity contribution in [2.75, 3.05) is 20.2 Å². The summed E-state index contributed by atoms with van der Waals surface area (Å²) in [5, 5.41) is 10.9. The number of amides is 1. The van der Waals surface area contributed by atoms with E-state index in [2.05, 4.69) is 11.8 Å². The van der Waals surface area contributed by atoms with E-state index >= 15 is 0 Å². The molecule has 0 radical (unpaired) electrons. The Labute approximate surface area is 105 Å². The number of likely N-dealkylation sites (N-methyl/N-ethyl adjacent to an activating group) is 1. The minimum Gasteiger partial charge on any atom is -0.394 e. The third-order valence-electron chi connectivity index (χ3n) is 2.43. The SMILES string of the molecule is CC(CO)N(C)C(=O)c1sccc1C#CCN. The van der Waals surface area contributed by atoms with Crippen molar-refractivity contribution in [1.29, 1.82) is 0 Å². The molecule has 3 N–H and O–H groups in total. The third-order valence-corrected chi connectivity index (χ3v) is 3.33. The van der Waals surface area contributed by atoms with Gasteiger partial charge in [0.05, 0.1) is 19.2 Å². The van der Waals surface area contributed by atoms with Crippen LogP contribution in [0.25, 0.3) is 0 Å². The van der Waals surface area contributed by atoms with Gasteiger partial charge in [-0.3, -0.25) is 4.79 Å². The number of carbonyl (C=O) groups is 1. The molecule has 0 aromatic carbocycles. The zero-order valence-corrected chi connectivity index (χ0v) is 10.8. The van der Waals surface area contributed by atoms with Crippen molar-refractivity contribution in [3.05, 3.63) is 21.9 Å². The van der Waals surface area contributed by atoms with E-state index in [1.54, 1.807) is 20.0 Å². The van der Waals surface area contributed by atoms with E-state index in [0.29, 0.717) is 10.4 Å². The number of thiophene rings is 1. The van der Waals surface area contributed by atoms with Crippen molar-refractivity contribution >= 4 is 17.2 Å². The number of nitrogens with two attached hydrogens (primary N) is 1. The molecule has 0 spiro atoms. The van der Waals surface area contributed by atoms with E-state index in [9.17, 15) is 4.79 Å². The van der Waals surface area contributed by atoms with Crippen LogP contribution >= 0.6 is 11.3 Å². The standard InChI is InChI=1S/C12H16N2O2S/c1-9(8-15)14(2)12(16)11-10(4-3-6-13)5-7-17-11/h5,7,9,15H,6,8,13H2,1-2H3. The van der Waals surface area contributed by atoms with Gasteiger partial charge in [-0.05, 0) is 18.4 Å². The molecule has 1 rings (SSSR count). The molecule has 1 atom stereocenters. The highest BCUT2D eigenvalue weighted by molar-refractivity contribution is 7.12. The van der Waals surface area contributed by atoms with Crippen molar-refractivity contribution in [1.82, 2.24) is 4.90 Å². The van der Waals surface area contributed by atoms with Crippen LogP contribution in [0.4, 0.5) is 0 Å². The second-order valence-corrected chi connectivity index (χ2v) is 4.53. The molecule has 1 unspecified atom stereocenters. The Morgan fingerprint density at radius 3 is 3.00 bits per heavy atom. The summed E-state index contributed by atoms with van der Waals surface area (Å²) in [5.41, 5.74) is 6.00. The summed E-state index contributed by atoms with van der Waals surface area (Å²) in [6.45, 7) is 2.00. The predicted octanol–water partition coefficient (Wildman–Crippen LogP) is 0.511. The molecule has 0 saturated carbocycles. The summed E-state index contributed by atoms with van der Waals surface area (Å²) < 4.78 is 0. The number of hydrogen-bond donors (Lipinski definition) is 2. The molecule has 0 aliphatic carbocycles. The Morgan fingerprint density at radius 2 is 2.41 bits per heavy atom. The van der Waals surface area contributed by atoms with E-state index in [-0.39, 0.29) is 25.1 Å². The first-order chi connectivity index (χ1) is 8.11. The average molecular weight is 252 g/mol. The van der Waals surface area contributed by atoms with Crippen LogP contribution in [-0.4, -0.2) is 42.2 Å². The van der Waals surface area contributed by atoms with Crippen molar-refractivity contribution < 1.29 is 9.90 Å². The van der Waals surface area contributed by atoms with Crippen LogP contribution in [0.3, 0.4) is 0 Å². The highest BCUT2D eigenvalue weighted by atomic mass is 32.1. The largest absolute Gasteiger partial charge is 0.394 e. The molecule has 0 fully saturated rings. The molecule has 0 bridgehead atoms. The minimum absolute atomic E-state index is 0.0581. The molecule has 1 heterocycles. The van der Waals surface area contributed by atoms with Crippen LogP contribution in [0.15, 0.2) is 11.4 Å². The second kappa shape index (κ2) is 6.40. The first kappa shape index (κ1) is 13.7. The summed E-state index contributed by atoms with van der Waals surface area (Å²) in [7, 11) is 1.67. The van der Waals surface area contributed by atoms with Crippen molar-refractivity contribution in [3.8, 4) is 11.8 Å². The quantitative estimate of drug-likeness (QED) is 0.770. The fraction of sp³-hybridized carbons (Fsp3) is 0.417. The summed E-state index contributed by atoms with van der Waals surface area (Å²) in [6, 6.07) is 1.60. The normalized spacial score (nSPS) is 11.5. The van der Waals surface area contributed by atoms with Crippen LogP contribution in [0.5, 0.6) is 0 Å². The highest BCUT2D eigenvalue weighted by Crippen LogP contribution is 2.18. The van der Waals surface area contributed by atoms with Crippen molar-refractivity contribution in [2.24, 2.45) is 5.73 Å². The zero-order chi connectivity index (χ0) is 12.8. The van der Waals surface area contributed by atoms with E-state index in [0.717, 1.165) is 0 Å². The molecule has 4 nitrogen and oxygen atoms in total. The van der Waals surface area contributed by atoms with Gasteiger partial charge in [0, 0.05) is 12.6 Å². The first-order valence-electron chi connectivity index (χ1n) is 5.26. The average Bonchev–Trinajstić information content (AvgIpc) is 2.81. The molecular formula is C12H16N2O2S. The predicted molar refractivity (Wildman–Crippen MR) is 68.9 cm³/mol. The fourth-order valence-electron chi connectivity index (χ4n) is 1.20. The van der Waals surface area contributed by atoms with Crippen LogP contribution in [-0.2, 0) is 0 Å². The summed E-state index contributed by atoms with van der Waals surface area (Å²) in [5.74, 6) is 5.48. The van der Waals surface area contributed by atoms with Gasteiger partial charge in [0.2, 0.25) is 0 Å². The maximum Gasteiger partial charge on any atom is 0.265 e. The van der Waals surface area contributed by atoms with E-state index in [4.69, 9.17) is 10.8 Å². The number of rotatable bonds is 3. The molecule has 92 valence electrons. The number of aliphatic hydroxyl groups excluding tert-OH is 1. The van der Waals surface area contributed by atoms with Gasteiger partial charge in [0.25, 0.3) is 5.91 Å². The Kier molecular flexibility index (Phi) is 5.16. The van der Waals surface area contributed by atoms with Crippen LogP contribution in [0, 0.1) is 11.8 Å². The Hall–Kier alpha value is -1.35.